The van der Waals surface area contributed by atoms with Crippen LogP contribution in [-0.2, 0) is 0 Å². The summed E-state index contributed by atoms with van der Waals surface area (Å²) < 4.78 is 0. The van der Waals surface area contributed by atoms with Gasteiger partial charge in [0.05, 0.1) is 5.70 Å². The molecule has 60 valence electrons. The Hall–Kier alpha value is -1.71. The van der Waals surface area contributed by atoms with Gasteiger partial charge in [0.2, 0.25) is 0 Å². The summed E-state index contributed by atoms with van der Waals surface area (Å²) in [4.78, 5) is 20.8. The van der Waals surface area contributed by atoms with Gasteiger partial charge in [-0.3, -0.25) is 9.78 Å². The van der Waals surface area contributed by atoms with Crippen molar-refractivity contribution >= 4 is 11.6 Å². The highest BCUT2D eigenvalue weighted by Crippen LogP contribution is 2.25. The Morgan fingerprint density at radius 1 is 1.33 bits per heavy atom. The summed E-state index contributed by atoms with van der Waals surface area (Å²) >= 11 is 0. The molecule has 1 aromatic rings. The molecule has 0 N–H and O–H groups in total. The number of carbonyl (C=O) groups excluding carboxylic acids is 1. The Labute approximate surface area is 69.6 Å². The van der Waals surface area contributed by atoms with E-state index in [1.807, 2.05) is 0 Å². The van der Waals surface area contributed by atoms with E-state index in [0.717, 1.165) is 0 Å². The van der Waals surface area contributed by atoms with Gasteiger partial charge in [-0.15, -0.1) is 0 Å². The molecular weight excluding hydrogens is 154 g/mol. The molecule has 0 aliphatic carbocycles. The predicted octanol–water partition coefficient (Wildman–Crippen LogP) is 0.533. The maximum absolute atomic E-state index is 11.4. The van der Waals surface area contributed by atoms with Crippen molar-refractivity contribution in [2.24, 2.45) is 0 Å². The Morgan fingerprint density at radius 2 is 1.92 bits per heavy atom. The van der Waals surface area contributed by atoms with Crippen molar-refractivity contribution in [1.29, 1.82) is 0 Å². The van der Waals surface area contributed by atoms with Crippen LogP contribution in [0.4, 0.5) is 0 Å². The Kier molecular flexibility index (Phi) is 1.24. The number of hydrogen-bond acceptors (Lipinski definition) is 3. The molecule has 0 bridgehead atoms. The fourth-order valence-corrected chi connectivity index (χ4v) is 1.15. The lowest BCUT2D eigenvalue weighted by Crippen LogP contribution is -2.17. The van der Waals surface area contributed by atoms with E-state index in [1.165, 1.54) is 11.1 Å². The van der Waals surface area contributed by atoms with Gasteiger partial charge < -0.3 is 4.90 Å². The highest BCUT2D eigenvalue weighted by Gasteiger charge is 2.30. The highest BCUT2D eigenvalue weighted by atomic mass is 16.2. The van der Waals surface area contributed by atoms with Crippen LogP contribution in [0.25, 0.3) is 5.70 Å². The molecule has 4 heteroatoms. The molecule has 12 heavy (non-hydrogen) atoms. The van der Waals surface area contributed by atoms with E-state index in [1.54, 1.807) is 13.2 Å². The van der Waals surface area contributed by atoms with Crippen LogP contribution >= 0.6 is 0 Å². The van der Waals surface area contributed by atoms with E-state index in [4.69, 9.17) is 0 Å². The summed E-state index contributed by atoms with van der Waals surface area (Å²) in [5.41, 5.74) is 1.60. The Morgan fingerprint density at radius 3 is 2.50 bits per heavy atom. The molecule has 1 amide bonds. The van der Waals surface area contributed by atoms with E-state index >= 15 is 0 Å². The fourth-order valence-electron chi connectivity index (χ4n) is 1.15. The summed E-state index contributed by atoms with van der Waals surface area (Å²) in [5, 5.41) is 0. The van der Waals surface area contributed by atoms with Crippen molar-refractivity contribution in [3.63, 3.8) is 0 Å². The average molecular weight is 161 g/mol. The van der Waals surface area contributed by atoms with Crippen molar-refractivity contribution < 1.29 is 4.79 Å². The highest BCUT2D eigenvalue weighted by molar-refractivity contribution is 6.06. The maximum atomic E-state index is 11.4. The lowest BCUT2D eigenvalue weighted by atomic mass is 10.3. The summed E-state index contributed by atoms with van der Waals surface area (Å²) in [6.07, 6.45) is 3.06. The molecule has 0 saturated heterocycles. The average Bonchev–Trinajstić information content (AvgIpc) is 2.33. The van der Waals surface area contributed by atoms with Crippen LogP contribution in [0.3, 0.4) is 0 Å². The second-order valence-electron chi connectivity index (χ2n) is 2.56. The first kappa shape index (κ1) is 6.97. The smallest absolute Gasteiger partial charge is 0.278 e. The van der Waals surface area contributed by atoms with Crippen LogP contribution in [0, 0.1) is 0 Å². The first-order chi connectivity index (χ1) is 5.72. The molecule has 0 atom stereocenters. The second-order valence-corrected chi connectivity index (χ2v) is 2.56. The molecule has 1 aromatic heterocycles. The first-order valence-electron chi connectivity index (χ1n) is 3.50. The molecule has 0 spiro atoms. The van der Waals surface area contributed by atoms with Crippen molar-refractivity contribution in [3.05, 3.63) is 30.4 Å². The molecule has 4 nitrogen and oxygen atoms in total. The zero-order chi connectivity index (χ0) is 8.72. The van der Waals surface area contributed by atoms with Crippen molar-refractivity contribution in [2.75, 3.05) is 7.05 Å². The summed E-state index contributed by atoms with van der Waals surface area (Å²) in [5.74, 6) is -0.136. The third-order valence-corrected chi connectivity index (χ3v) is 1.88. The number of rotatable bonds is 0. The SMILES string of the molecule is C=C1c2nccnc2C(=O)N1C. The monoisotopic (exact) mass is 161 g/mol. The van der Waals surface area contributed by atoms with Gasteiger partial charge in [-0.25, -0.2) is 4.98 Å². The number of amides is 1. The van der Waals surface area contributed by atoms with Crippen LogP contribution in [0.5, 0.6) is 0 Å². The first-order valence-corrected chi connectivity index (χ1v) is 3.50. The number of nitrogens with zero attached hydrogens (tertiary/aromatic N) is 3. The van der Waals surface area contributed by atoms with Crippen molar-refractivity contribution in [3.8, 4) is 0 Å². The fraction of sp³-hybridized carbons (Fsp3) is 0.125. The molecule has 2 rings (SSSR count). The minimum Gasteiger partial charge on any atom is -0.308 e. The molecule has 0 fully saturated rings. The number of aromatic nitrogens is 2. The van der Waals surface area contributed by atoms with Crippen LogP contribution in [-0.4, -0.2) is 27.8 Å². The third kappa shape index (κ3) is 0.689. The van der Waals surface area contributed by atoms with E-state index < -0.39 is 0 Å². The van der Waals surface area contributed by atoms with Crippen LogP contribution in [0.1, 0.15) is 16.2 Å². The van der Waals surface area contributed by atoms with E-state index in [0.29, 0.717) is 17.1 Å². The number of hydrogen-bond donors (Lipinski definition) is 0. The molecule has 0 unspecified atom stereocenters. The Balaban J connectivity index is 2.67. The van der Waals surface area contributed by atoms with Gasteiger partial charge in [0.15, 0.2) is 5.69 Å². The lowest BCUT2D eigenvalue weighted by Gasteiger charge is -2.06. The largest absolute Gasteiger partial charge is 0.308 e. The van der Waals surface area contributed by atoms with Gasteiger partial charge in [0.1, 0.15) is 5.69 Å². The minimum atomic E-state index is -0.136. The van der Waals surface area contributed by atoms with Gasteiger partial charge in [-0.2, -0.15) is 0 Å². The van der Waals surface area contributed by atoms with Crippen LogP contribution < -0.4 is 0 Å². The molecule has 2 heterocycles. The summed E-state index contributed by atoms with van der Waals surface area (Å²) in [7, 11) is 1.66. The second kappa shape index (κ2) is 2.14. The summed E-state index contributed by atoms with van der Waals surface area (Å²) in [6, 6.07) is 0. The molecule has 1 aliphatic rings. The zero-order valence-corrected chi connectivity index (χ0v) is 6.61. The predicted molar refractivity (Wildman–Crippen MR) is 43.2 cm³/mol. The van der Waals surface area contributed by atoms with Gasteiger partial charge in [0, 0.05) is 19.4 Å². The molecule has 1 aliphatic heterocycles. The Bertz CT molecular complexity index is 337. The molecular formula is C8H7N3O. The molecule has 0 radical (unpaired) electrons. The third-order valence-electron chi connectivity index (χ3n) is 1.88. The normalized spacial score (nSPS) is 15.2. The van der Waals surface area contributed by atoms with E-state index in [-0.39, 0.29) is 5.91 Å². The zero-order valence-electron chi connectivity index (χ0n) is 6.61. The lowest BCUT2D eigenvalue weighted by molar-refractivity contribution is 0.0870. The topological polar surface area (TPSA) is 46.1 Å². The van der Waals surface area contributed by atoms with Gasteiger partial charge in [-0.05, 0) is 0 Å². The van der Waals surface area contributed by atoms with Gasteiger partial charge >= 0.3 is 0 Å². The summed E-state index contributed by atoms with van der Waals surface area (Å²) in [6.45, 7) is 3.73. The van der Waals surface area contributed by atoms with Gasteiger partial charge in [0.25, 0.3) is 5.91 Å². The number of fused-ring (bicyclic) bond motifs is 1. The van der Waals surface area contributed by atoms with Crippen LogP contribution in [0.15, 0.2) is 19.0 Å². The van der Waals surface area contributed by atoms with E-state index in [9.17, 15) is 4.79 Å². The van der Waals surface area contributed by atoms with E-state index in [2.05, 4.69) is 16.5 Å². The van der Waals surface area contributed by atoms with Crippen molar-refractivity contribution in [2.45, 2.75) is 0 Å². The van der Waals surface area contributed by atoms with Crippen LogP contribution in [0.2, 0.25) is 0 Å². The molecule has 0 saturated carbocycles. The van der Waals surface area contributed by atoms with Gasteiger partial charge in [-0.1, -0.05) is 6.58 Å². The molecule has 0 aromatic carbocycles. The quantitative estimate of drug-likeness (QED) is 0.557. The minimum absolute atomic E-state index is 0.136. The maximum Gasteiger partial charge on any atom is 0.278 e. The standard InChI is InChI=1S/C8H7N3O/c1-5-6-7(8(12)11(5)2)10-4-3-9-6/h3-4H,1H2,2H3. The number of carbonyl (C=O) groups is 1. The van der Waals surface area contributed by atoms with Crippen molar-refractivity contribution in [1.82, 2.24) is 14.9 Å².